The van der Waals surface area contributed by atoms with E-state index in [0.29, 0.717) is 0 Å². The lowest BCUT2D eigenvalue weighted by atomic mass is 10.2. The molecule has 1 aromatic heterocycles. The first-order valence-corrected chi connectivity index (χ1v) is 7.31. The minimum absolute atomic E-state index is 0.151. The first-order chi connectivity index (χ1) is 10.3. The Hall–Kier alpha value is -1.81. The molecule has 0 saturated carbocycles. The van der Waals surface area contributed by atoms with Gasteiger partial charge in [-0.25, -0.2) is 14.1 Å². The van der Waals surface area contributed by atoms with Gasteiger partial charge in [0.1, 0.15) is 11.5 Å². The third-order valence-corrected chi connectivity index (χ3v) is 3.69. The maximum atomic E-state index is 14.1. The molecule has 0 spiro atoms. The number of carbonyl (C=O) groups is 1. The van der Waals surface area contributed by atoms with Crippen LogP contribution in [0, 0.1) is 16.3 Å². The van der Waals surface area contributed by atoms with Gasteiger partial charge in [-0.1, -0.05) is 0 Å². The minimum atomic E-state index is -0.698. The SMILES string of the molecule is CON(C)C(=O)c1nn(-c2ccc(I)cc2F)cc(C)c1=O. The van der Waals surface area contributed by atoms with Crippen LogP contribution in [0.25, 0.3) is 5.69 Å². The predicted molar refractivity (Wildman–Crippen MR) is 86.3 cm³/mol. The van der Waals surface area contributed by atoms with Crippen LogP contribution in [-0.2, 0) is 4.84 Å². The van der Waals surface area contributed by atoms with E-state index < -0.39 is 17.2 Å². The highest BCUT2D eigenvalue weighted by atomic mass is 127. The number of hydrogen-bond donors (Lipinski definition) is 0. The normalized spacial score (nSPS) is 10.6. The van der Waals surface area contributed by atoms with Crippen molar-refractivity contribution in [1.29, 1.82) is 0 Å². The van der Waals surface area contributed by atoms with Crippen LogP contribution in [0.2, 0.25) is 0 Å². The molecule has 0 atom stereocenters. The van der Waals surface area contributed by atoms with Crippen molar-refractivity contribution in [3.05, 3.63) is 55.3 Å². The molecular formula is C14H13FIN3O3. The largest absolute Gasteiger partial charge is 0.301 e. The van der Waals surface area contributed by atoms with E-state index >= 15 is 0 Å². The summed E-state index contributed by atoms with van der Waals surface area (Å²) in [5.41, 5.74) is -0.420. The molecule has 0 saturated heterocycles. The second-order valence-corrected chi connectivity index (χ2v) is 5.76. The average Bonchev–Trinajstić information content (AvgIpc) is 2.48. The Kier molecular flexibility index (Phi) is 4.91. The molecule has 8 heteroatoms. The van der Waals surface area contributed by atoms with Gasteiger partial charge in [-0.3, -0.25) is 14.4 Å². The summed E-state index contributed by atoms with van der Waals surface area (Å²) in [5, 5.41) is 4.84. The van der Waals surface area contributed by atoms with E-state index in [1.54, 1.807) is 6.07 Å². The molecule has 0 fully saturated rings. The molecule has 2 aromatic rings. The van der Waals surface area contributed by atoms with Crippen LogP contribution >= 0.6 is 22.6 Å². The summed E-state index contributed by atoms with van der Waals surface area (Å²) in [7, 11) is 2.66. The summed E-state index contributed by atoms with van der Waals surface area (Å²) in [5.74, 6) is -1.20. The van der Waals surface area contributed by atoms with Gasteiger partial charge in [-0.05, 0) is 47.7 Å². The number of carbonyl (C=O) groups excluding carboxylic acids is 1. The van der Waals surface area contributed by atoms with E-state index in [-0.39, 0.29) is 16.9 Å². The Morgan fingerprint density at radius 1 is 1.45 bits per heavy atom. The van der Waals surface area contributed by atoms with Crippen LogP contribution < -0.4 is 5.43 Å². The van der Waals surface area contributed by atoms with Gasteiger partial charge >= 0.3 is 5.91 Å². The Balaban J connectivity index is 2.62. The number of hydroxylamine groups is 2. The summed E-state index contributed by atoms with van der Waals surface area (Å²) >= 11 is 1.99. The Labute approximate surface area is 139 Å². The lowest BCUT2D eigenvalue weighted by Gasteiger charge is -2.14. The third kappa shape index (κ3) is 3.17. The number of halogens is 2. The molecule has 0 radical (unpaired) electrons. The topological polar surface area (TPSA) is 64.4 Å². The smallest absolute Gasteiger partial charge is 0.287 e. The predicted octanol–water partition coefficient (Wildman–Crippen LogP) is 1.92. The van der Waals surface area contributed by atoms with E-state index in [4.69, 9.17) is 4.84 Å². The Bertz CT molecular complexity index is 791. The first kappa shape index (κ1) is 16.6. The molecule has 0 N–H and O–H groups in total. The second-order valence-electron chi connectivity index (χ2n) is 4.52. The van der Waals surface area contributed by atoms with Gasteiger partial charge in [0.25, 0.3) is 0 Å². The maximum Gasteiger partial charge on any atom is 0.301 e. The molecule has 1 heterocycles. The monoisotopic (exact) mass is 417 g/mol. The highest BCUT2D eigenvalue weighted by molar-refractivity contribution is 14.1. The third-order valence-electron chi connectivity index (χ3n) is 3.02. The van der Waals surface area contributed by atoms with E-state index in [0.717, 1.165) is 8.63 Å². The molecule has 0 unspecified atom stereocenters. The molecule has 0 aliphatic rings. The van der Waals surface area contributed by atoms with Crippen LogP contribution in [0.15, 0.2) is 29.2 Å². The molecule has 22 heavy (non-hydrogen) atoms. The summed E-state index contributed by atoms with van der Waals surface area (Å²) in [6.45, 7) is 1.54. The highest BCUT2D eigenvalue weighted by Crippen LogP contribution is 2.16. The Morgan fingerprint density at radius 3 is 2.73 bits per heavy atom. The molecule has 6 nitrogen and oxygen atoms in total. The van der Waals surface area contributed by atoms with Crippen LogP contribution in [0.1, 0.15) is 16.1 Å². The first-order valence-electron chi connectivity index (χ1n) is 6.23. The van der Waals surface area contributed by atoms with Gasteiger partial charge in [-0.15, -0.1) is 0 Å². The zero-order valence-corrected chi connectivity index (χ0v) is 14.3. The van der Waals surface area contributed by atoms with Gasteiger partial charge in [0.15, 0.2) is 5.69 Å². The molecule has 0 bridgehead atoms. The summed E-state index contributed by atoms with van der Waals surface area (Å²) < 4.78 is 16.0. The fraction of sp³-hybridized carbons (Fsp3) is 0.214. The van der Waals surface area contributed by atoms with Gasteiger partial charge in [-0.2, -0.15) is 5.10 Å². The van der Waals surface area contributed by atoms with Crippen molar-refractivity contribution >= 4 is 28.5 Å². The van der Waals surface area contributed by atoms with Crippen molar-refractivity contribution in [1.82, 2.24) is 14.8 Å². The maximum absolute atomic E-state index is 14.1. The van der Waals surface area contributed by atoms with E-state index in [1.165, 1.54) is 44.1 Å². The summed E-state index contributed by atoms with van der Waals surface area (Å²) in [6.07, 6.45) is 1.39. The summed E-state index contributed by atoms with van der Waals surface area (Å²) in [6, 6.07) is 4.58. The molecule has 0 aliphatic carbocycles. The van der Waals surface area contributed by atoms with Crippen molar-refractivity contribution < 1.29 is 14.0 Å². The zero-order valence-electron chi connectivity index (χ0n) is 12.1. The van der Waals surface area contributed by atoms with E-state index in [2.05, 4.69) is 5.10 Å². The molecule has 1 aromatic carbocycles. The Morgan fingerprint density at radius 2 is 2.14 bits per heavy atom. The molecule has 1 amide bonds. The number of hydrogen-bond acceptors (Lipinski definition) is 4. The number of rotatable bonds is 3. The fourth-order valence-electron chi connectivity index (χ4n) is 1.77. The van der Waals surface area contributed by atoms with Crippen LogP contribution in [0.3, 0.4) is 0 Å². The van der Waals surface area contributed by atoms with Crippen molar-refractivity contribution in [2.24, 2.45) is 0 Å². The van der Waals surface area contributed by atoms with Crippen LogP contribution in [0.4, 0.5) is 4.39 Å². The second kappa shape index (κ2) is 6.53. The average molecular weight is 417 g/mol. The lowest BCUT2D eigenvalue weighted by Crippen LogP contribution is -2.33. The molecule has 0 aliphatic heterocycles. The highest BCUT2D eigenvalue weighted by Gasteiger charge is 2.20. The van der Waals surface area contributed by atoms with Crippen LogP contribution in [0.5, 0.6) is 0 Å². The van der Waals surface area contributed by atoms with Crippen molar-refractivity contribution in [2.45, 2.75) is 6.92 Å². The minimum Gasteiger partial charge on any atom is -0.287 e. The molecule has 116 valence electrons. The summed E-state index contributed by atoms with van der Waals surface area (Å²) in [4.78, 5) is 28.9. The molecule has 2 rings (SSSR count). The number of nitrogens with zero attached hydrogens (tertiary/aromatic N) is 3. The van der Waals surface area contributed by atoms with E-state index in [1.807, 2.05) is 22.6 Å². The van der Waals surface area contributed by atoms with Crippen molar-refractivity contribution in [3.8, 4) is 5.69 Å². The number of benzene rings is 1. The van der Waals surface area contributed by atoms with Crippen LogP contribution in [-0.4, -0.2) is 34.9 Å². The van der Waals surface area contributed by atoms with Gasteiger partial charge < -0.3 is 0 Å². The van der Waals surface area contributed by atoms with Gasteiger partial charge in [0.05, 0.1) is 7.11 Å². The number of amides is 1. The lowest BCUT2D eigenvalue weighted by molar-refractivity contribution is -0.0762. The standard InChI is InChI=1S/C14H13FIN3O3/c1-8-7-19(11-5-4-9(16)6-10(11)15)17-12(13(8)20)14(21)18(2)22-3/h4-7H,1-3H3. The van der Waals surface area contributed by atoms with Gasteiger partial charge in [0.2, 0.25) is 5.43 Å². The quantitative estimate of drug-likeness (QED) is 0.566. The number of aromatic nitrogens is 2. The van der Waals surface area contributed by atoms with Crippen molar-refractivity contribution in [3.63, 3.8) is 0 Å². The molecular weight excluding hydrogens is 404 g/mol. The van der Waals surface area contributed by atoms with Crippen molar-refractivity contribution in [2.75, 3.05) is 14.2 Å². The van der Waals surface area contributed by atoms with Gasteiger partial charge in [0, 0.05) is 22.4 Å². The zero-order chi connectivity index (χ0) is 16.4. The fourth-order valence-corrected chi connectivity index (χ4v) is 2.23. The number of aryl methyl sites for hydroxylation is 1. The van der Waals surface area contributed by atoms with E-state index in [9.17, 15) is 14.0 Å².